The molecule has 4 rings (SSSR count). The Bertz CT molecular complexity index is 1020. The van der Waals surface area contributed by atoms with Crippen molar-refractivity contribution in [3.05, 3.63) is 52.5 Å². The van der Waals surface area contributed by atoms with Crippen LogP contribution in [0, 0.1) is 0 Å². The van der Waals surface area contributed by atoms with Crippen molar-refractivity contribution < 1.29 is 14.3 Å². The second-order valence-electron chi connectivity index (χ2n) is 7.33. The van der Waals surface area contributed by atoms with Gasteiger partial charge in [-0.25, -0.2) is 4.98 Å². The Hall–Kier alpha value is -2.00. The highest BCUT2D eigenvalue weighted by Gasteiger charge is 2.22. The average molecular weight is 504 g/mol. The average Bonchev–Trinajstić information content (AvgIpc) is 3.20. The third-order valence-electron chi connectivity index (χ3n) is 5.19. The first-order chi connectivity index (χ1) is 15.1. The van der Waals surface area contributed by atoms with Gasteiger partial charge in [-0.15, -0.1) is 0 Å². The van der Waals surface area contributed by atoms with Gasteiger partial charge < -0.3 is 9.47 Å². The molecule has 1 aliphatic heterocycles. The van der Waals surface area contributed by atoms with Crippen LogP contribution in [0.25, 0.3) is 10.2 Å². The Balaban J connectivity index is 1.55. The minimum atomic E-state index is -0.0388. The number of nitrogens with zero attached hydrogens (tertiary/aromatic N) is 3. The number of ether oxygens (including phenoxy) is 2. The number of amides is 1. The number of carbonyl (C=O) groups is 1. The van der Waals surface area contributed by atoms with Gasteiger partial charge in [0.05, 0.1) is 30.0 Å². The molecule has 1 amide bonds. The lowest BCUT2D eigenvalue weighted by Crippen LogP contribution is -2.39. The molecule has 0 aliphatic carbocycles. The molecule has 8 heteroatoms. The molecule has 2 heterocycles. The van der Waals surface area contributed by atoms with Gasteiger partial charge in [0, 0.05) is 36.2 Å². The van der Waals surface area contributed by atoms with E-state index in [1.165, 1.54) is 0 Å². The number of benzene rings is 2. The zero-order valence-corrected chi connectivity index (χ0v) is 20.0. The van der Waals surface area contributed by atoms with Gasteiger partial charge in [-0.3, -0.25) is 14.6 Å². The van der Waals surface area contributed by atoms with Crippen molar-refractivity contribution in [2.45, 2.75) is 13.3 Å². The van der Waals surface area contributed by atoms with Crippen LogP contribution >= 0.6 is 27.3 Å². The second-order valence-corrected chi connectivity index (χ2v) is 9.26. The van der Waals surface area contributed by atoms with E-state index in [0.29, 0.717) is 18.7 Å². The van der Waals surface area contributed by atoms with Gasteiger partial charge in [-0.1, -0.05) is 27.3 Å². The Labute approximate surface area is 194 Å². The van der Waals surface area contributed by atoms with Crippen LogP contribution in [0.2, 0.25) is 0 Å². The molecule has 1 fully saturated rings. The third-order valence-corrected chi connectivity index (χ3v) is 6.72. The summed E-state index contributed by atoms with van der Waals surface area (Å²) >= 11 is 5.07. The summed E-state index contributed by atoms with van der Waals surface area (Å²) in [6, 6.07) is 13.3. The number of anilines is 1. The molecule has 1 aromatic heterocycles. The number of rotatable bonds is 8. The van der Waals surface area contributed by atoms with Crippen LogP contribution in [0.3, 0.4) is 0 Å². The lowest BCUT2D eigenvalue weighted by Gasteiger charge is -2.27. The monoisotopic (exact) mass is 503 g/mol. The molecule has 1 saturated heterocycles. The molecule has 0 saturated carbocycles. The summed E-state index contributed by atoms with van der Waals surface area (Å²) in [5.41, 5.74) is 1.54. The predicted octanol–water partition coefficient (Wildman–Crippen LogP) is 4.83. The molecule has 6 nitrogen and oxygen atoms in total. The lowest BCUT2D eigenvalue weighted by molar-refractivity contribution is 0.0376. The van der Waals surface area contributed by atoms with Crippen molar-refractivity contribution in [1.29, 1.82) is 0 Å². The van der Waals surface area contributed by atoms with Gasteiger partial charge in [0.25, 0.3) is 5.91 Å². The van der Waals surface area contributed by atoms with Gasteiger partial charge >= 0.3 is 0 Å². The highest BCUT2D eigenvalue weighted by molar-refractivity contribution is 9.10. The quantitative estimate of drug-likeness (QED) is 0.440. The van der Waals surface area contributed by atoms with Crippen LogP contribution in [0.1, 0.15) is 23.7 Å². The number of morpholine rings is 1. The molecular weight excluding hydrogens is 478 g/mol. The van der Waals surface area contributed by atoms with Crippen molar-refractivity contribution >= 4 is 48.5 Å². The zero-order valence-electron chi connectivity index (χ0n) is 17.6. The fourth-order valence-electron chi connectivity index (χ4n) is 3.58. The molecule has 3 aromatic rings. The zero-order chi connectivity index (χ0) is 21.6. The smallest absolute Gasteiger partial charge is 0.260 e. The summed E-state index contributed by atoms with van der Waals surface area (Å²) < 4.78 is 13.0. The predicted molar refractivity (Wildman–Crippen MR) is 128 cm³/mol. The highest BCUT2D eigenvalue weighted by Crippen LogP contribution is 2.32. The van der Waals surface area contributed by atoms with E-state index < -0.39 is 0 Å². The highest BCUT2D eigenvalue weighted by atomic mass is 79.9. The molecule has 0 spiro atoms. The fourth-order valence-corrected chi connectivity index (χ4v) is 5.12. The molecule has 2 aromatic carbocycles. The summed E-state index contributed by atoms with van der Waals surface area (Å²) in [4.78, 5) is 22.4. The number of hydrogen-bond acceptors (Lipinski definition) is 6. The van der Waals surface area contributed by atoms with Gasteiger partial charge in [-0.2, -0.15) is 0 Å². The summed E-state index contributed by atoms with van der Waals surface area (Å²) in [5, 5.41) is 0.731. The standard InChI is InChI=1S/C23H26BrN3O3S/c1-2-30-19-7-4-17(5-8-19)22(28)27(11-3-10-26-12-14-29-15-13-26)23-25-20-9-6-18(24)16-21(20)31-23/h4-9,16H,2-3,10-15H2,1H3. The minimum absolute atomic E-state index is 0.0388. The van der Waals surface area contributed by atoms with E-state index >= 15 is 0 Å². The number of halogens is 1. The van der Waals surface area contributed by atoms with Crippen molar-refractivity contribution in [1.82, 2.24) is 9.88 Å². The first-order valence-corrected chi connectivity index (χ1v) is 12.2. The Morgan fingerprint density at radius 3 is 2.74 bits per heavy atom. The van der Waals surface area contributed by atoms with Crippen molar-refractivity contribution in [2.24, 2.45) is 0 Å². The third kappa shape index (κ3) is 5.63. The van der Waals surface area contributed by atoms with Crippen LogP contribution in [0.5, 0.6) is 5.75 Å². The molecular formula is C23H26BrN3O3S. The van der Waals surface area contributed by atoms with Gasteiger partial charge in [-0.05, 0) is 55.8 Å². The van der Waals surface area contributed by atoms with E-state index in [2.05, 4.69) is 20.8 Å². The molecule has 1 aliphatic rings. The van der Waals surface area contributed by atoms with E-state index in [-0.39, 0.29) is 5.91 Å². The molecule has 0 bridgehead atoms. The first kappa shape index (κ1) is 22.2. The maximum absolute atomic E-state index is 13.4. The Kier molecular flexibility index (Phi) is 7.55. The molecule has 0 atom stereocenters. The first-order valence-electron chi connectivity index (χ1n) is 10.5. The molecule has 0 N–H and O–H groups in total. The number of thiazole rings is 1. The number of fused-ring (bicyclic) bond motifs is 1. The Morgan fingerprint density at radius 2 is 2.00 bits per heavy atom. The van der Waals surface area contributed by atoms with Crippen LogP contribution in [-0.2, 0) is 4.74 Å². The van der Waals surface area contributed by atoms with Crippen LogP contribution in [-0.4, -0.2) is 61.8 Å². The molecule has 31 heavy (non-hydrogen) atoms. The normalized spacial score (nSPS) is 14.6. The van der Waals surface area contributed by atoms with Crippen LogP contribution in [0.4, 0.5) is 5.13 Å². The Morgan fingerprint density at radius 1 is 1.23 bits per heavy atom. The summed E-state index contributed by atoms with van der Waals surface area (Å²) in [6.07, 6.45) is 0.877. The van der Waals surface area contributed by atoms with E-state index in [1.807, 2.05) is 54.3 Å². The van der Waals surface area contributed by atoms with Crippen LogP contribution in [0.15, 0.2) is 46.9 Å². The molecule has 0 unspecified atom stereocenters. The fraction of sp³-hybridized carbons (Fsp3) is 0.391. The number of hydrogen-bond donors (Lipinski definition) is 0. The van der Waals surface area contributed by atoms with Crippen molar-refractivity contribution in [3.8, 4) is 5.75 Å². The largest absolute Gasteiger partial charge is 0.494 e. The van der Waals surface area contributed by atoms with Crippen molar-refractivity contribution in [3.63, 3.8) is 0 Å². The lowest BCUT2D eigenvalue weighted by atomic mass is 10.2. The minimum Gasteiger partial charge on any atom is -0.494 e. The van der Waals surface area contributed by atoms with E-state index in [0.717, 1.165) is 64.8 Å². The van der Waals surface area contributed by atoms with E-state index in [9.17, 15) is 4.79 Å². The summed E-state index contributed by atoms with van der Waals surface area (Å²) in [7, 11) is 0. The topological polar surface area (TPSA) is 54.9 Å². The van der Waals surface area contributed by atoms with Crippen LogP contribution < -0.4 is 9.64 Å². The molecule has 0 radical (unpaired) electrons. The van der Waals surface area contributed by atoms with E-state index in [4.69, 9.17) is 14.5 Å². The van der Waals surface area contributed by atoms with Crippen molar-refractivity contribution in [2.75, 3.05) is 50.9 Å². The number of aromatic nitrogens is 1. The van der Waals surface area contributed by atoms with Gasteiger partial charge in [0.1, 0.15) is 5.75 Å². The SMILES string of the molecule is CCOc1ccc(C(=O)N(CCCN2CCOCC2)c2nc3ccc(Br)cc3s2)cc1. The van der Waals surface area contributed by atoms with Gasteiger partial charge in [0.15, 0.2) is 5.13 Å². The summed E-state index contributed by atoms with van der Waals surface area (Å²) in [6.45, 7) is 7.55. The number of carbonyl (C=O) groups excluding carboxylic acids is 1. The van der Waals surface area contributed by atoms with E-state index in [1.54, 1.807) is 11.3 Å². The molecule has 164 valence electrons. The van der Waals surface area contributed by atoms with Gasteiger partial charge in [0.2, 0.25) is 0 Å². The summed E-state index contributed by atoms with van der Waals surface area (Å²) in [5.74, 6) is 0.728. The maximum atomic E-state index is 13.4. The maximum Gasteiger partial charge on any atom is 0.260 e. The second kappa shape index (κ2) is 10.5.